The van der Waals surface area contributed by atoms with Gasteiger partial charge in [-0.2, -0.15) is 0 Å². The molecule has 0 fully saturated rings. The van der Waals surface area contributed by atoms with Crippen molar-refractivity contribution in [1.82, 2.24) is 14.7 Å². The number of hydrogen-bond acceptors (Lipinski definition) is 4. The van der Waals surface area contributed by atoms with Crippen molar-refractivity contribution in [2.45, 2.75) is 32.2 Å². The van der Waals surface area contributed by atoms with Gasteiger partial charge in [0.2, 0.25) is 5.91 Å². The van der Waals surface area contributed by atoms with Crippen LogP contribution >= 0.6 is 0 Å². The standard InChI is InChI=1S/C15H17N3O5/c1-9-11(18-7-3-2-4-12(18)16-9)5-6-13(19)17-10(15(22)23)8-14(20)21/h2-4,7,10H,5-6,8H2,1H3,(H,17,19)(H,20,21)(H,22,23). The molecule has 0 aliphatic carbocycles. The van der Waals surface area contributed by atoms with E-state index in [1.807, 2.05) is 35.7 Å². The monoisotopic (exact) mass is 319 g/mol. The van der Waals surface area contributed by atoms with Gasteiger partial charge in [0.25, 0.3) is 0 Å². The number of carbonyl (C=O) groups excluding carboxylic acids is 1. The Bertz CT molecular complexity index is 753. The molecular weight excluding hydrogens is 302 g/mol. The summed E-state index contributed by atoms with van der Waals surface area (Å²) in [6.07, 6.45) is 1.61. The number of carboxylic acid groups (broad SMARTS) is 2. The molecule has 0 saturated carbocycles. The van der Waals surface area contributed by atoms with Crippen LogP contribution in [0.2, 0.25) is 0 Å². The summed E-state index contributed by atoms with van der Waals surface area (Å²) in [5, 5.41) is 19.8. The number of carboxylic acids is 2. The molecule has 1 unspecified atom stereocenters. The van der Waals surface area contributed by atoms with E-state index >= 15 is 0 Å². The number of aliphatic carboxylic acids is 2. The minimum absolute atomic E-state index is 0.0485. The lowest BCUT2D eigenvalue weighted by molar-refractivity contribution is -0.147. The Morgan fingerprint density at radius 3 is 2.70 bits per heavy atom. The third kappa shape index (κ3) is 4.06. The quantitative estimate of drug-likeness (QED) is 0.688. The first kappa shape index (κ1) is 16.5. The fraction of sp³-hybridized carbons (Fsp3) is 0.333. The molecule has 0 spiro atoms. The predicted octanol–water partition coefficient (Wildman–Crippen LogP) is 0.619. The van der Waals surface area contributed by atoms with Crippen molar-refractivity contribution >= 4 is 23.5 Å². The van der Waals surface area contributed by atoms with Gasteiger partial charge in [0.15, 0.2) is 0 Å². The molecule has 1 amide bonds. The second kappa shape index (κ2) is 6.91. The molecule has 0 aromatic carbocycles. The largest absolute Gasteiger partial charge is 0.481 e. The highest BCUT2D eigenvalue weighted by molar-refractivity contribution is 5.86. The molecule has 2 aromatic rings. The molecule has 0 saturated heterocycles. The maximum Gasteiger partial charge on any atom is 0.326 e. The number of aryl methyl sites for hydroxylation is 2. The molecule has 8 nitrogen and oxygen atoms in total. The Labute approximate surface area is 131 Å². The zero-order valence-corrected chi connectivity index (χ0v) is 12.5. The lowest BCUT2D eigenvalue weighted by atomic mass is 10.1. The highest BCUT2D eigenvalue weighted by atomic mass is 16.4. The maximum absolute atomic E-state index is 11.9. The minimum atomic E-state index is -1.43. The van der Waals surface area contributed by atoms with Crippen molar-refractivity contribution in [2.75, 3.05) is 0 Å². The van der Waals surface area contributed by atoms with E-state index in [-0.39, 0.29) is 6.42 Å². The Hall–Kier alpha value is -2.90. The number of nitrogens with zero attached hydrogens (tertiary/aromatic N) is 2. The zero-order valence-electron chi connectivity index (χ0n) is 12.5. The molecule has 122 valence electrons. The van der Waals surface area contributed by atoms with E-state index in [9.17, 15) is 14.4 Å². The summed E-state index contributed by atoms with van der Waals surface area (Å²) in [7, 11) is 0. The van der Waals surface area contributed by atoms with Gasteiger partial charge in [-0.15, -0.1) is 0 Å². The Balaban J connectivity index is 2.01. The predicted molar refractivity (Wildman–Crippen MR) is 80.1 cm³/mol. The molecule has 0 aliphatic rings. The van der Waals surface area contributed by atoms with Crippen molar-refractivity contribution in [3.05, 3.63) is 35.8 Å². The third-order valence-corrected chi connectivity index (χ3v) is 3.43. The van der Waals surface area contributed by atoms with E-state index in [1.54, 1.807) is 0 Å². The van der Waals surface area contributed by atoms with E-state index in [4.69, 9.17) is 10.2 Å². The van der Waals surface area contributed by atoms with Crippen molar-refractivity contribution < 1.29 is 24.6 Å². The van der Waals surface area contributed by atoms with Crippen LogP contribution in [0.3, 0.4) is 0 Å². The van der Waals surface area contributed by atoms with Crippen LogP contribution in [0, 0.1) is 6.92 Å². The summed E-state index contributed by atoms with van der Waals surface area (Å²) in [5.41, 5.74) is 2.43. The topological polar surface area (TPSA) is 121 Å². The number of hydrogen-bond donors (Lipinski definition) is 3. The van der Waals surface area contributed by atoms with Crippen molar-refractivity contribution in [1.29, 1.82) is 0 Å². The first-order chi connectivity index (χ1) is 10.9. The number of imidazole rings is 1. The summed E-state index contributed by atoms with van der Waals surface area (Å²) in [6, 6.07) is 4.14. The summed E-state index contributed by atoms with van der Waals surface area (Å²) < 4.78 is 1.87. The van der Waals surface area contributed by atoms with E-state index in [0.29, 0.717) is 6.42 Å². The first-order valence-electron chi connectivity index (χ1n) is 7.05. The second-order valence-corrected chi connectivity index (χ2v) is 5.13. The van der Waals surface area contributed by atoms with Gasteiger partial charge in [-0.05, 0) is 25.5 Å². The van der Waals surface area contributed by atoms with Crippen LogP contribution in [0.25, 0.3) is 5.65 Å². The Morgan fingerprint density at radius 2 is 2.04 bits per heavy atom. The second-order valence-electron chi connectivity index (χ2n) is 5.13. The molecule has 23 heavy (non-hydrogen) atoms. The van der Waals surface area contributed by atoms with Gasteiger partial charge in [-0.25, -0.2) is 9.78 Å². The number of pyridine rings is 1. The van der Waals surface area contributed by atoms with Gasteiger partial charge in [-0.3, -0.25) is 9.59 Å². The van der Waals surface area contributed by atoms with Crippen LogP contribution in [-0.4, -0.2) is 43.5 Å². The van der Waals surface area contributed by atoms with Crippen molar-refractivity contribution in [3.63, 3.8) is 0 Å². The maximum atomic E-state index is 11.9. The van der Waals surface area contributed by atoms with Crippen LogP contribution in [0.5, 0.6) is 0 Å². The average molecular weight is 319 g/mol. The lowest BCUT2D eigenvalue weighted by Gasteiger charge is -2.12. The van der Waals surface area contributed by atoms with E-state index < -0.39 is 30.3 Å². The molecule has 2 heterocycles. The Kier molecular flexibility index (Phi) is 4.95. The summed E-state index contributed by atoms with van der Waals surface area (Å²) >= 11 is 0. The van der Waals surface area contributed by atoms with E-state index in [0.717, 1.165) is 17.0 Å². The zero-order chi connectivity index (χ0) is 17.0. The fourth-order valence-electron chi connectivity index (χ4n) is 2.34. The fourth-order valence-corrected chi connectivity index (χ4v) is 2.34. The molecule has 0 bridgehead atoms. The van der Waals surface area contributed by atoms with Gasteiger partial charge in [0.05, 0.1) is 12.1 Å². The summed E-state index contributed by atoms with van der Waals surface area (Å²) in [6.45, 7) is 1.84. The summed E-state index contributed by atoms with van der Waals surface area (Å²) in [4.78, 5) is 37.8. The van der Waals surface area contributed by atoms with Gasteiger partial charge in [0.1, 0.15) is 11.7 Å². The summed E-state index contributed by atoms with van der Waals surface area (Å²) in [5.74, 6) is -3.16. The lowest BCUT2D eigenvalue weighted by Crippen LogP contribution is -2.42. The molecule has 2 aromatic heterocycles. The molecular formula is C15H17N3O5. The van der Waals surface area contributed by atoms with E-state index in [2.05, 4.69) is 10.3 Å². The van der Waals surface area contributed by atoms with Gasteiger partial charge < -0.3 is 19.9 Å². The number of amides is 1. The van der Waals surface area contributed by atoms with Crippen LogP contribution < -0.4 is 5.32 Å². The van der Waals surface area contributed by atoms with Gasteiger partial charge >= 0.3 is 11.9 Å². The molecule has 3 N–H and O–H groups in total. The SMILES string of the molecule is Cc1nc2ccccn2c1CCC(=O)NC(CC(=O)O)C(=O)O. The number of fused-ring (bicyclic) bond motifs is 1. The highest BCUT2D eigenvalue weighted by Crippen LogP contribution is 2.13. The van der Waals surface area contributed by atoms with Gasteiger partial charge in [0, 0.05) is 18.3 Å². The van der Waals surface area contributed by atoms with Crippen LogP contribution in [0.1, 0.15) is 24.2 Å². The van der Waals surface area contributed by atoms with E-state index in [1.165, 1.54) is 0 Å². The van der Waals surface area contributed by atoms with Crippen LogP contribution in [0.4, 0.5) is 0 Å². The third-order valence-electron chi connectivity index (χ3n) is 3.43. The van der Waals surface area contributed by atoms with Crippen LogP contribution in [-0.2, 0) is 20.8 Å². The van der Waals surface area contributed by atoms with Crippen LogP contribution in [0.15, 0.2) is 24.4 Å². The number of aromatic nitrogens is 2. The van der Waals surface area contributed by atoms with Crippen molar-refractivity contribution in [3.8, 4) is 0 Å². The normalized spacial score (nSPS) is 12.0. The van der Waals surface area contributed by atoms with Gasteiger partial charge in [-0.1, -0.05) is 6.07 Å². The first-order valence-corrected chi connectivity index (χ1v) is 7.05. The molecule has 8 heteroatoms. The molecule has 0 radical (unpaired) electrons. The smallest absolute Gasteiger partial charge is 0.326 e. The Morgan fingerprint density at radius 1 is 1.30 bits per heavy atom. The number of carbonyl (C=O) groups is 3. The molecule has 2 rings (SSSR count). The highest BCUT2D eigenvalue weighted by Gasteiger charge is 2.23. The number of rotatable bonds is 7. The average Bonchev–Trinajstić information content (AvgIpc) is 2.79. The number of nitrogens with one attached hydrogen (secondary N) is 1. The molecule has 0 aliphatic heterocycles. The van der Waals surface area contributed by atoms with Crippen molar-refractivity contribution in [2.24, 2.45) is 0 Å². The minimum Gasteiger partial charge on any atom is -0.481 e. The molecule has 1 atom stereocenters.